The van der Waals surface area contributed by atoms with Gasteiger partial charge in [-0.25, -0.2) is 13.2 Å². The van der Waals surface area contributed by atoms with E-state index in [1.54, 1.807) is 0 Å². The molecule has 0 radical (unpaired) electrons. The third-order valence-corrected chi connectivity index (χ3v) is 6.37. The number of fused-ring (bicyclic) bond motifs is 1. The van der Waals surface area contributed by atoms with Crippen molar-refractivity contribution in [1.82, 2.24) is 4.98 Å². The highest BCUT2D eigenvalue weighted by Gasteiger charge is 2.32. The van der Waals surface area contributed by atoms with Crippen LogP contribution in [-0.2, 0) is 14.6 Å². The van der Waals surface area contributed by atoms with Crippen molar-refractivity contribution in [3.8, 4) is 17.2 Å². The van der Waals surface area contributed by atoms with Gasteiger partial charge < -0.3 is 23.9 Å². The number of non-ortho nitro benzene ring substituents is 1. The van der Waals surface area contributed by atoms with Crippen molar-refractivity contribution < 1.29 is 37.1 Å². The summed E-state index contributed by atoms with van der Waals surface area (Å²) in [4.78, 5) is 24.8. The second-order valence-electron chi connectivity index (χ2n) is 6.17. The Morgan fingerprint density at radius 3 is 2.10 bits per heavy atom. The molecular weight excluding hydrogens is 432 g/mol. The molecule has 0 aliphatic carbocycles. The first-order valence-corrected chi connectivity index (χ1v) is 10.1. The molecule has 0 atom stereocenters. The van der Waals surface area contributed by atoms with E-state index < -0.39 is 25.6 Å². The fourth-order valence-electron chi connectivity index (χ4n) is 3.12. The summed E-state index contributed by atoms with van der Waals surface area (Å²) in [5.74, 6) is -0.631. The van der Waals surface area contributed by atoms with Crippen LogP contribution < -0.4 is 14.2 Å². The van der Waals surface area contributed by atoms with E-state index in [2.05, 4.69) is 4.98 Å². The van der Waals surface area contributed by atoms with Gasteiger partial charge in [-0.15, -0.1) is 0 Å². The molecule has 0 aliphatic heterocycles. The second-order valence-corrected chi connectivity index (χ2v) is 8.06. The molecule has 31 heavy (non-hydrogen) atoms. The molecule has 1 heterocycles. The number of carbonyl (C=O) groups is 1. The van der Waals surface area contributed by atoms with E-state index >= 15 is 0 Å². The molecular formula is C19H18N2O9S. The summed E-state index contributed by atoms with van der Waals surface area (Å²) in [7, 11) is 0.686. The smallest absolute Gasteiger partial charge is 0.355 e. The van der Waals surface area contributed by atoms with E-state index in [4.69, 9.17) is 18.9 Å². The molecule has 0 saturated heterocycles. The van der Waals surface area contributed by atoms with Crippen molar-refractivity contribution in [2.45, 2.75) is 9.79 Å². The molecule has 3 aromatic rings. The zero-order chi connectivity index (χ0) is 22.9. The average molecular weight is 450 g/mol. The molecule has 0 unspecified atom stereocenters. The van der Waals surface area contributed by atoms with Crippen molar-refractivity contribution in [1.29, 1.82) is 0 Å². The van der Waals surface area contributed by atoms with Crippen molar-refractivity contribution in [2.75, 3.05) is 28.4 Å². The van der Waals surface area contributed by atoms with Gasteiger partial charge in [0.05, 0.1) is 38.3 Å². The number of nitro groups is 1. The lowest BCUT2D eigenvalue weighted by Gasteiger charge is -2.14. The van der Waals surface area contributed by atoms with Gasteiger partial charge in [0.1, 0.15) is 10.6 Å². The Kier molecular flexibility index (Phi) is 5.75. The van der Waals surface area contributed by atoms with Crippen LogP contribution in [0.15, 0.2) is 40.1 Å². The molecule has 1 N–H and O–H groups in total. The number of methoxy groups -OCH3 is 4. The monoisotopic (exact) mass is 450 g/mol. The first-order chi connectivity index (χ1) is 14.7. The van der Waals surface area contributed by atoms with E-state index in [1.807, 2.05) is 0 Å². The molecule has 11 nitrogen and oxygen atoms in total. The topological polar surface area (TPSA) is 147 Å². The zero-order valence-corrected chi connectivity index (χ0v) is 17.7. The number of carbonyl (C=O) groups excluding carboxylic acids is 1. The van der Waals surface area contributed by atoms with Crippen molar-refractivity contribution >= 4 is 32.4 Å². The van der Waals surface area contributed by atoms with Gasteiger partial charge in [-0.1, -0.05) is 0 Å². The number of H-pyrrole nitrogens is 1. The number of nitrogens with one attached hydrogen (secondary N) is 1. The van der Waals surface area contributed by atoms with Crippen LogP contribution in [0.2, 0.25) is 0 Å². The van der Waals surface area contributed by atoms with E-state index in [1.165, 1.54) is 45.6 Å². The van der Waals surface area contributed by atoms with Gasteiger partial charge in [0.15, 0.2) is 11.5 Å². The summed E-state index contributed by atoms with van der Waals surface area (Å²) in [6, 6.07) is 5.98. The lowest BCUT2D eigenvalue weighted by Crippen LogP contribution is -2.11. The summed E-state index contributed by atoms with van der Waals surface area (Å²) in [5.41, 5.74) is -0.506. The first-order valence-electron chi connectivity index (χ1n) is 8.63. The summed E-state index contributed by atoms with van der Waals surface area (Å²) < 4.78 is 47.6. The van der Waals surface area contributed by atoms with Crippen LogP contribution in [-0.4, -0.2) is 52.7 Å². The number of esters is 1. The van der Waals surface area contributed by atoms with Crippen LogP contribution in [0.25, 0.3) is 10.9 Å². The molecule has 164 valence electrons. The fraction of sp³-hybridized carbons (Fsp3) is 0.211. The van der Waals surface area contributed by atoms with Crippen LogP contribution in [0.4, 0.5) is 5.69 Å². The Bertz CT molecular complexity index is 1270. The van der Waals surface area contributed by atoms with Gasteiger partial charge in [-0.3, -0.25) is 10.1 Å². The van der Waals surface area contributed by atoms with Gasteiger partial charge in [0.25, 0.3) is 5.69 Å². The minimum atomic E-state index is -4.41. The number of sulfone groups is 1. The highest BCUT2D eigenvalue weighted by Crippen LogP contribution is 2.42. The lowest BCUT2D eigenvalue weighted by molar-refractivity contribution is -0.384. The summed E-state index contributed by atoms with van der Waals surface area (Å²) in [6.07, 6.45) is 0. The number of hydrogen-bond acceptors (Lipinski definition) is 9. The number of ether oxygens (including phenoxy) is 4. The zero-order valence-electron chi connectivity index (χ0n) is 16.9. The number of benzene rings is 2. The minimum absolute atomic E-state index is 0.0386. The van der Waals surface area contributed by atoms with Gasteiger partial charge >= 0.3 is 5.97 Å². The third-order valence-electron chi connectivity index (χ3n) is 4.55. The standard InChI is InChI=1S/C19H18N2O9S/c1-27-14-8-11(9-15(28-2)17(14)29-3)31(25,26)18-12-7-10(21(23)24)5-6-13(12)20-16(18)19(22)30-4/h5-9,20H,1-4H3. The SMILES string of the molecule is COC(=O)c1[nH]c2ccc([N+](=O)[O-])cc2c1S(=O)(=O)c1cc(OC)c(OC)c(OC)c1. The van der Waals surface area contributed by atoms with E-state index in [-0.39, 0.29) is 44.4 Å². The molecule has 0 saturated carbocycles. The largest absolute Gasteiger partial charge is 0.493 e. The Balaban J connectivity index is 2.39. The predicted octanol–water partition coefficient (Wildman–Crippen LogP) is 2.72. The van der Waals surface area contributed by atoms with Gasteiger partial charge in [-0.05, 0) is 6.07 Å². The lowest BCUT2D eigenvalue weighted by atomic mass is 10.2. The summed E-state index contributed by atoms with van der Waals surface area (Å²) >= 11 is 0. The summed E-state index contributed by atoms with van der Waals surface area (Å²) in [6.45, 7) is 0. The third kappa shape index (κ3) is 3.61. The van der Waals surface area contributed by atoms with Crippen molar-refractivity contribution in [3.05, 3.63) is 46.1 Å². The fourth-order valence-corrected chi connectivity index (χ4v) is 4.75. The molecule has 0 fully saturated rings. The maximum Gasteiger partial charge on any atom is 0.355 e. The van der Waals surface area contributed by atoms with Gasteiger partial charge in [-0.2, -0.15) is 0 Å². The van der Waals surface area contributed by atoms with Crippen LogP contribution in [0.5, 0.6) is 17.2 Å². The maximum absolute atomic E-state index is 13.6. The minimum Gasteiger partial charge on any atom is -0.493 e. The number of aromatic amines is 1. The molecule has 0 amide bonds. The van der Waals surface area contributed by atoms with Crippen LogP contribution in [0.3, 0.4) is 0 Å². The van der Waals surface area contributed by atoms with Crippen molar-refractivity contribution in [3.63, 3.8) is 0 Å². The Hall–Kier alpha value is -3.80. The molecule has 1 aromatic heterocycles. The average Bonchev–Trinajstić information content (AvgIpc) is 3.16. The highest BCUT2D eigenvalue weighted by atomic mass is 32.2. The Morgan fingerprint density at radius 2 is 1.61 bits per heavy atom. The van der Waals surface area contributed by atoms with E-state index in [0.29, 0.717) is 0 Å². The van der Waals surface area contributed by atoms with Crippen LogP contribution >= 0.6 is 0 Å². The number of hydrogen-bond donors (Lipinski definition) is 1. The van der Waals surface area contributed by atoms with Crippen LogP contribution in [0, 0.1) is 10.1 Å². The molecule has 0 aliphatic rings. The Labute approximate surface area is 176 Å². The highest BCUT2D eigenvalue weighted by molar-refractivity contribution is 7.91. The molecule has 3 rings (SSSR count). The molecule has 2 aromatic carbocycles. The summed E-state index contributed by atoms with van der Waals surface area (Å²) in [5, 5.41) is 11.2. The van der Waals surface area contributed by atoms with Crippen molar-refractivity contribution in [2.24, 2.45) is 0 Å². The van der Waals surface area contributed by atoms with Gasteiger partial charge in [0, 0.05) is 35.2 Å². The number of nitrogens with zero attached hydrogens (tertiary/aromatic N) is 1. The maximum atomic E-state index is 13.6. The van der Waals surface area contributed by atoms with E-state index in [9.17, 15) is 23.3 Å². The van der Waals surface area contributed by atoms with E-state index in [0.717, 1.165) is 13.2 Å². The molecule has 0 bridgehead atoms. The normalized spacial score (nSPS) is 11.2. The quantitative estimate of drug-likeness (QED) is 0.326. The van der Waals surface area contributed by atoms with Gasteiger partial charge in [0.2, 0.25) is 15.6 Å². The van der Waals surface area contributed by atoms with Crippen LogP contribution in [0.1, 0.15) is 10.5 Å². The number of aromatic nitrogens is 1. The Morgan fingerprint density at radius 1 is 1.00 bits per heavy atom. The number of nitro benzene ring substituents is 1. The number of rotatable bonds is 7. The predicted molar refractivity (Wildman–Crippen MR) is 108 cm³/mol. The molecule has 12 heteroatoms. The molecule has 0 spiro atoms. The first kappa shape index (κ1) is 21.9. The second kappa shape index (κ2) is 8.14.